The van der Waals surface area contributed by atoms with E-state index in [1.54, 1.807) is 29.2 Å². The van der Waals surface area contributed by atoms with Crippen LogP contribution in [0.25, 0.3) is 0 Å². The van der Waals surface area contributed by atoms with E-state index in [1.165, 1.54) is 7.11 Å². The number of hydrogen-bond donors (Lipinski definition) is 1. The lowest BCUT2D eigenvalue weighted by atomic mass is 10.1. The summed E-state index contributed by atoms with van der Waals surface area (Å²) in [4.78, 5) is 27.7. The van der Waals surface area contributed by atoms with Crippen LogP contribution < -0.4 is 14.8 Å². The van der Waals surface area contributed by atoms with Crippen LogP contribution in [0.3, 0.4) is 0 Å². The number of hydrogen-bond acceptors (Lipinski definition) is 6. The van der Waals surface area contributed by atoms with E-state index in [4.69, 9.17) is 9.47 Å². The van der Waals surface area contributed by atoms with E-state index < -0.39 is 15.9 Å². The van der Waals surface area contributed by atoms with Crippen molar-refractivity contribution in [3.8, 4) is 11.5 Å². The Labute approximate surface area is 207 Å². The molecule has 34 heavy (non-hydrogen) atoms. The minimum Gasteiger partial charge on any atom is -0.493 e. The quantitative estimate of drug-likeness (QED) is 0.507. The maximum atomic E-state index is 13.7. The van der Waals surface area contributed by atoms with Crippen molar-refractivity contribution in [2.75, 3.05) is 31.0 Å². The van der Waals surface area contributed by atoms with Gasteiger partial charge in [0.25, 0.3) is 5.91 Å². The van der Waals surface area contributed by atoms with Crippen LogP contribution >= 0.6 is 15.9 Å². The zero-order valence-corrected chi connectivity index (χ0v) is 21.7. The molecule has 10 heteroatoms. The Hall–Kier alpha value is -2.59. The molecule has 1 aliphatic heterocycles. The first-order valence-electron chi connectivity index (χ1n) is 11.0. The molecule has 0 bridgehead atoms. The number of carbonyl (C=O) groups is 2. The number of nitrogens with zero attached hydrogens (tertiary/aromatic N) is 1. The molecule has 0 spiro atoms. The van der Waals surface area contributed by atoms with Crippen molar-refractivity contribution in [2.24, 2.45) is 5.92 Å². The molecule has 1 fully saturated rings. The molecular weight excluding hydrogens is 524 g/mol. The van der Waals surface area contributed by atoms with Gasteiger partial charge in [0.2, 0.25) is 5.91 Å². The average molecular weight is 551 g/mol. The van der Waals surface area contributed by atoms with E-state index in [-0.39, 0.29) is 30.0 Å². The highest BCUT2D eigenvalue weighted by molar-refractivity contribution is 9.10. The van der Waals surface area contributed by atoms with E-state index in [9.17, 15) is 18.0 Å². The number of methoxy groups -OCH3 is 1. The molecule has 2 aromatic carbocycles. The van der Waals surface area contributed by atoms with Gasteiger partial charge < -0.3 is 19.7 Å². The van der Waals surface area contributed by atoms with Gasteiger partial charge >= 0.3 is 0 Å². The molecule has 4 rings (SSSR count). The smallest absolute Gasteiger partial charge is 0.257 e. The van der Waals surface area contributed by atoms with Crippen LogP contribution in [0.2, 0.25) is 0 Å². The maximum absolute atomic E-state index is 13.7. The Morgan fingerprint density at radius 1 is 1.24 bits per heavy atom. The molecule has 0 aromatic heterocycles. The Morgan fingerprint density at radius 2 is 1.97 bits per heavy atom. The summed E-state index contributed by atoms with van der Waals surface area (Å²) in [5, 5.41) is 2.90. The number of carbonyl (C=O) groups excluding carboxylic acids is 2. The van der Waals surface area contributed by atoms with E-state index in [0.29, 0.717) is 39.4 Å². The number of ether oxygens (including phenoxy) is 2. The number of nitrogens with one attached hydrogen (secondary N) is 1. The van der Waals surface area contributed by atoms with Gasteiger partial charge in [-0.25, -0.2) is 8.42 Å². The van der Waals surface area contributed by atoms with Crippen LogP contribution in [0, 0.1) is 5.92 Å². The highest BCUT2D eigenvalue weighted by Gasteiger charge is 2.39. The third-order valence-corrected chi connectivity index (χ3v) is 7.54. The summed E-state index contributed by atoms with van der Waals surface area (Å²) < 4.78 is 36.4. The zero-order chi connectivity index (χ0) is 24.6. The van der Waals surface area contributed by atoms with Crippen molar-refractivity contribution in [3.05, 3.63) is 51.5 Å². The summed E-state index contributed by atoms with van der Waals surface area (Å²) in [5.74, 6) is 0.285. The van der Waals surface area contributed by atoms with Gasteiger partial charge in [-0.3, -0.25) is 9.59 Å². The van der Waals surface area contributed by atoms with Crippen molar-refractivity contribution in [3.63, 3.8) is 0 Å². The second-order valence-corrected chi connectivity index (χ2v) is 11.6. The molecular formula is C24H27BrN2O6S. The van der Waals surface area contributed by atoms with Crippen molar-refractivity contribution in [1.82, 2.24) is 4.90 Å². The number of benzene rings is 2. The van der Waals surface area contributed by atoms with Gasteiger partial charge in [0.15, 0.2) is 11.5 Å². The SMILES string of the molecule is CCOc1cc(C(CS(C)(=O)=O)N2Cc3ccc(Br)c(NC(=O)C4CC4)c3C2=O)ccc1OC. The summed E-state index contributed by atoms with van der Waals surface area (Å²) in [6, 6.07) is 8.05. The zero-order valence-electron chi connectivity index (χ0n) is 19.3. The van der Waals surface area contributed by atoms with Crippen molar-refractivity contribution in [2.45, 2.75) is 32.4 Å². The summed E-state index contributed by atoms with van der Waals surface area (Å²) in [6.07, 6.45) is 2.84. The Kier molecular flexibility index (Phi) is 6.91. The normalized spacial score (nSPS) is 16.2. The van der Waals surface area contributed by atoms with E-state index in [1.807, 2.05) is 13.0 Å². The average Bonchev–Trinajstić information content (AvgIpc) is 3.58. The van der Waals surface area contributed by atoms with Crippen molar-refractivity contribution >= 4 is 43.3 Å². The monoisotopic (exact) mass is 550 g/mol. The lowest BCUT2D eigenvalue weighted by Crippen LogP contribution is -2.34. The number of anilines is 1. The number of sulfone groups is 1. The fraction of sp³-hybridized carbons (Fsp3) is 0.417. The maximum Gasteiger partial charge on any atom is 0.257 e. The summed E-state index contributed by atoms with van der Waals surface area (Å²) >= 11 is 3.46. The molecule has 2 aliphatic rings. The standard InChI is InChI=1S/C24H27BrN2O6S/c1-4-33-20-11-15(8-10-19(20)32-2)18(13-34(3,30)31)27-12-16-7-9-17(25)22(21(16)24(27)29)26-23(28)14-5-6-14/h7-11,14,18H,4-6,12-13H2,1-3H3,(H,26,28). The van der Waals surface area contributed by atoms with E-state index in [0.717, 1.165) is 24.7 Å². The molecule has 1 saturated carbocycles. The molecule has 2 aromatic rings. The molecule has 1 heterocycles. The largest absolute Gasteiger partial charge is 0.493 e. The topological polar surface area (TPSA) is 102 Å². The Morgan fingerprint density at radius 3 is 2.59 bits per heavy atom. The molecule has 1 atom stereocenters. The first-order chi connectivity index (χ1) is 16.1. The molecule has 1 aliphatic carbocycles. The van der Waals surface area contributed by atoms with Crippen molar-refractivity contribution in [1.29, 1.82) is 0 Å². The molecule has 8 nitrogen and oxygen atoms in total. The third kappa shape index (κ3) is 5.07. The van der Waals surface area contributed by atoms with Gasteiger partial charge in [-0.1, -0.05) is 12.1 Å². The molecule has 0 radical (unpaired) electrons. The second-order valence-electron chi connectivity index (χ2n) is 8.60. The van der Waals surface area contributed by atoms with Crippen LogP contribution in [-0.4, -0.2) is 50.9 Å². The van der Waals surface area contributed by atoms with E-state index in [2.05, 4.69) is 21.2 Å². The minimum absolute atomic E-state index is 0.0235. The van der Waals surface area contributed by atoms with Crippen LogP contribution in [0.4, 0.5) is 5.69 Å². The molecule has 1 unspecified atom stereocenters. The Bertz CT molecular complexity index is 1240. The molecule has 182 valence electrons. The summed E-state index contributed by atoms with van der Waals surface area (Å²) in [5.41, 5.74) is 2.18. The van der Waals surface area contributed by atoms with Crippen LogP contribution in [0.15, 0.2) is 34.8 Å². The highest BCUT2D eigenvalue weighted by atomic mass is 79.9. The van der Waals surface area contributed by atoms with Crippen LogP contribution in [0.1, 0.15) is 47.3 Å². The second kappa shape index (κ2) is 9.58. The summed E-state index contributed by atoms with van der Waals surface area (Å²) in [6.45, 7) is 2.47. The van der Waals surface area contributed by atoms with Crippen LogP contribution in [-0.2, 0) is 21.2 Å². The highest BCUT2D eigenvalue weighted by Crippen LogP contribution is 2.41. The summed E-state index contributed by atoms with van der Waals surface area (Å²) in [7, 11) is -1.92. The number of amides is 2. The molecule has 0 saturated heterocycles. The predicted octanol–water partition coefficient (Wildman–Crippen LogP) is 3.95. The Balaban J connectivity index is 1.73. The van der Waals surface area contributed by atoms with Gasteiger partial charge in [0, 0.05) is 23.2 Å². The number of halogens is 1. The lowest BCUT2D eigenvalue weighted by Gasteiger charge is -2.28. The first-order valence-corrected chi connectivity index (χ1v) is 13.9. The van der Waals surface area contributed by atoms with Gasteiger partial charge in [0.1, 0.15) is 9.84 Å². The van der Waals surface area contributed by atoms with Gasteiger partial charge in [0.05, 0.1) is 36.8 Å². The molecule has 1 N–H and O–H groups in total. The number of fused-ring (bicyclic) bond motifs is 1. The third-order valence-electron chi connectivity index (χ3n) is 5.96. The first kappa shape index (κ1) is 24.5. The fourth-order valence-corrected chi connectivity index (χ4v) is 5.54. The van der Waals surface area contributed by atoms with E-state index >= 15 is 0 Å². The van der Waals surface area contributed by atoms with Crippen LogP contribution in [0.5, 0.6) is 11.5 Å². The van der Waals surface area contributed by atoms with Gasteiger partial charge in [-0.15, -0.1) is 0 Å². The minimum atomic E-state index is -3.45. The fourth-order valence-electron chi connectivity index (χ4n) is 4.16. The van der Waals surface area contributed by atoms with Gasteiger partial charge in [-0.2, -0.15) is 0 Å². The molecule has 2 amide bonds. The van der Waals surface area contributed by atoms with Gasteiger partial charge in [-0.05, 0) is 65.0 Å². The lowest BCUT2D eigenvalue weighted by molar-refractivity contribution is -0.117. The number of rotatable bonds is 9. The van der Waals surface area contributed by atoms with Crippen molar-refractivity contribution < 1.29 is 27.5 Å². The predicted molar refractivity (Wildman–Crippen MR) is 132 cm³/mol.